The van der Waals surface area contributed by atoms with Crippen molar-refractivity contribution in [3.63, 3.8) is 0 Å². The second kappa shape index (κ2) is 6.12. The maximum absolute atomic E-state index is 13.2. The highest BCUT2D eigenvalue weighted by molar-refractivity contribution is 6.31. The summed E-state index contributed by atoms with van der Waals surface area (Å²) in [6.45, 7) is 5.14. The smallest absolute Gasteiger partial charge is 0.141 e. The monoisotopic (exact) mass is 282 g/mol. The zero-order chi connectivity index (χ0) is 13.8. The Morgan fingerprint density at radius 2 is 2.21 bits per heavy atom. The van der Waals surface area contributed by atoms with Crippen LogP contribution in [0.1, 0.15) is 25.2 Å². The molecule has 6 heteroatoms. The van der Waals surface area contributed by atoms with E-state index < -0.39 is 0 Å². The van der Waals surface area contributed by atoms with Gasteiger partial charge in [0.05, 0.1) is 13.1 Å². The fraction of sp³-hybridized carbons (Fsp3) is 0.385. The first-order valence-electron chi connectivity index (χ1n) is 6.10. The minimum absolute atomic E-state index is 0.304. The standard InChI is InChI=1S/C13H16ClFN4/c1-9(2)16-6-13-17-8-18-19(13)7-10-5-11(15)3-4-12(10)14/h3-5,8-9,16H,6-7H2,1-2H3. The first-order valence-corrected chi connectivity index (χ1v) is 6.48. The minimum atomic E-state index is -0.304. The van der Waals surface area contributed by atoms with Gasteiger partial charge in [-0.2, -0.15) is 5.10 Å². The van der Waals surface area contributed by atoms with Crippen LogP contribution in [0.4, 0.5) is 4.39 Å². The van der Waals surface area contributed by atoms with Crippen LogP contribution in [0.3, 0.4) is 0 Å². The van der Waals surface area contributed by atoms with Crippen molar-refractivity contribution >= 4 is 11.6 Å². The number of nitrogens with zero attached hydrogens (tertiary/aromatic N) is 3. The van der Waals surface area contributed by atoms with Crippen LogP contribution in [-0.2, 0) is 13.1 Å². The summed E-state index contributed by atoms with van der Waals surface area (Å²) in [7, 11) is 0. The molecule has 1 aromatic carbocycles. The predicted octanol–water partition coefficient (Wildman–Crippen LogP) is 2.62. The predicted molar refractivity (Wildman–Crippen MR) is 72.5 cm³/mol. The average molecular weight is 283 g/mol. The van der Waals surface area contributed by atoms with Crippen LogP contribution in [0, 0.1) is 5.82 Å². The maximum atomic E-state index is 13.2. The molecule has 0 amide bonds. The third-order valence-electron chi connectivity index (χ3n) is 2.69. The van der Waals surface area contributed by atoms with Gasteiger partial charge in [0.2, 0.25) is 0 Å². The number of hydrogen-bond acceptors (Lipinski definition) is 3. The van der Waals surface area contributed by atoms with Gasteiger partial charge in [0, 0.05) is 11.1 Å². The van der Waals surface area contributed by atoms with Crippen LogP contribution in [0.5, 0.6) is 0 Å². The third-order valence-corrected chi connectivity index (χ3v) is 3.06. The Morgan fingerprint density at radius 3 is 2.95 bits per heavy atom. The van der Waals surface area contributed by atoms with E-state index in [-0.39, 0.29) is 5.82 Å². The molecule has 0 aliphatic heterocycles. The second-order valence-electron chi connectivity index (χ2n) is 4.61. The first kappa shape index (κ1) is 14.0. The Labute approximate surface area is 116 Å². The van der Waals surface area contributed by atoms with Crippen molar-refractivity contribution in [2.24, 2.45) is 0 Å². The second-order valence-corrected chi connectivity index (χ2v) is 5.01. The summed E-state index contributed by atoms with van der Waals surface area (Å²) in [5.41, 5.74) is 0.693. The lowest BCUT2D eigenvalue weighted by Gasteiger charge is -2.10. The molecule has 1 N–H and O–H groups in total. The van der Waals surface area contributed by atoms with Gasteiger partial charge in [0.1, 0.15) is 18.0 Å². The highest BCUT2D eigenvalue weighted by Crippen LogP contribution is 2.18. The molecule has 0 spiro atoms. The van der Waals surface area contributed by atoms with Gasteiger partial charge in [0.25, 0.3) is 0 Å². The van der Waals surface area contributed by atoms with E-state index >= 15 is 0 Å². The molecule has 0 aliphatic rings. The summed E-state index contributed by atoms with van der Waals surface area (Å²) in [4.78, 5) is 4.19. The molecule has 102 valence electrons. The van der Waals surface area contributed by atoms with Crippen LogP contribution in [-0.4, -0.2) is 20.8 Å². The number of hydrogen-bond donors (Lipinski definition) is 1. The van der Waals surface area contributed by atoms with Gasteiger partial charge in [-0.05, 0) is 23.8 Å². The van der Waals surface area contributed by atoms with E-state index in [4.69, 9.17) is 11.6 Å². The molecule has 19 heavy (non-hydrogen) atoms. The first-order chi connectivity index (χ1) is 9.06. The normalized spacial score (nSPS) is 11.2. The van der Waals surface area contributed by atoms with E-state index in [1.54, 1.807) is 10.7 Å². The Hall–Kier alpha value is -1.46. The molecule has 0 bridgehead atoms. The van der Waals surface area contributed by atoms with Crippen molar-refractivity contribution in [1.29, 1.82) is 0 Å². The van der Waals surface area contributed by atoms with Crippen LogP contribution in [0.15, 0.2) is 24.5 Å². The molecule has 2 rings (SSSR count). The van der Waals surface area contributed by atoms with E-state index in [1.165, 1.54) is 18.5 Å². The number of aromatic nitrogens is 3. The number of benzene rings is 1. The summed E-state index contributed by atoms with van der Waals surface area (Å²) >= 11 is 6.05. The SMILES string of the molecule is CC(C)NCc1ncnn1Cc1cc(F)ccc1Cl. The van der Waals surface area contributed by atoms with Gasteiger partial charge in [0.15, 0.2) is 0 Å². The zero-order valence-electron chi connectivity index (χ0n) is 10.9. The molecule has 1 aromatic heterocycles. The lowest BCUT2D eigenvalue weighted by Crippen LogP contribution is -2.24. The van der Waals surface area contributed by atoms with Crippen LogP contribution < -0.4 is 5.32 Å². The summed E-state index contributed by atoms with van der Waals surface area (Å²) in [5, 5.41) is 7.94. The minimum Gasteiger partial charge on any atom is -0.308 e. The van der Waals surface area contributed by atoms with Crippen molar-refractivity contribution in [2.75, 3.05) is 0 Å². The van der Waals surface area contributed by atoms with E-state index in [0.29, 0.717) is 29.7 Å². The highest BCUT2D eigenvalue weighted by atomic mass is 35.5. The molecular formula is C13H16ClFN4. The number of nitrogens with one attached hydrogen (secondary N) is 1. The molecule has 1 heterocycles. The number of rotatable bonds is 5. The van der Waals surface area contributed by atoms with E-state index in [0.717, 1.165) is 5.82 Å². The maximum Gasteiger partial charge on any atom is 0.141 e. The highest BCUT2D eigenvalue weighted by Gasteiger charge is 2.08. The van der Waals surface area contributed by atoms with Crippen LogP contribution in [0.2, 0.25) is 5.02 Å². The Balaban J connectivity index is 2.15. The summed E-state index contributed by atoms with van der Waals surface area (Å²) in [6.07, 6.45) is 1.49. The Bertz CT molecular complexity index is 553. The molecule has 0 aliphatic carbocycles. The zero-order valence-corrected chi connectivity index (χ0v) is 11.7. The van der Waals surface area contributed by atoms with Gasteiger partial charge in [-0.3, -0.25) is 0 Å². The Kier molecular flexibility index (Phi) is 4.50. The average Bonchev–Trinajstić information content (AvgIpc) is 2.79. The molecule has 4 nitrogen and oxygen atoms in total. The lowest BCUT2D eigenvalue weighted by atomic mass is 10.2. The largest absolute Gasteiger partial charge is 0.308 e. The van der Waals surface area contributed by atoms with Crippen LogP contribution >= 0.6 is 11.6 Å². The van der Waals surface area contributed by atoms with Crippen molar-refractivity contribution in [1.82, 2.24) is 20.1 Å². The van der Waals surface area contributed by atoms with E-state index in [2.05, 4.69) is 29.2 Å². The number of halogens is 2. The van der Waals surface area contributed by atoms with Gasteiger partial charge < -0.3 is 5.32 Å². The summed E-state index contributed by atoms with van der Waals surface area (Å²) in [6, 6.07) is 4.68. The molecule has 0 radical (unpaired) electrons. The quantitative estimate of drug-likeness (QED) is 0.917. The van der Waals surface area contributed by atoms with Gasteiger partial charge >= 0.3 is 0 Å². The molecule has 0 saturated heterocycles. The van der Waals surface area contributed by atoms with E-state index in [1.807, 2.05) is 0 Å². The van der Waals surface area contributed by atoms with Crippen molar-refractivity contribution < 1.29 is 4.39 Å². The fourth-order valence-electron chi connectivity index (χ4n) is 1.68. The molecule has 0 atom stereocenters. The van der Waals surface area contributed by atoms with Gasteiger partial charge in [-0.15, -0.1) is 0 Å². The van der Waals surface area contributed by atoms with Crippen LogP contribution in [0.25, 0.3) is 0 Å². The Morgan fingerprint density at radius 1 is 1.42 bits per heavy atom. The topological polar surface area (TPSA) is 42.7 Å². The van der Waals surface area contributed by atoms with Crippen molar-refractivity contribution in [3.8, 4) is 0 Å². The van der Waals surface area contributed by atoms with Gasteiger partial charge in [-0.25, -0.2) is 14.1 Å². The van der Waals surface area contributed by atoms with E-state index in [9.17, 15) is 4.39 Å². The molecular weight excluding hydrogens is 267 g/mol. The lowest BCUT2D eigenvalue weighted by molar-refractivity contribution is 0.537. The molecule has 0 saturated carbocycles. The summed E-state index contributed by atoms with van der Waals surface area (Å²) in [5.74, 6) is 0.496. The fourth-order valence-corrected chi connectivity index (χ4v) is 1.86. The van der Waals surface area contributed by atoms with Gasteiger partial charge in [-0.1, -0.05) is 25.4 Å². The molecule has 0 unspecified atom stereocenters. The third kappa shape index (κ3) is 3.75. The van der Waals surface area contributed by atoms with Crippen molar-refractivity contribution in [3.05, 3.63) is 46.8 Å². The van der Waals surface area contributed by atoms with Crippen molar-refractivity contribution in [2.45, 2.75) is 33.0 Å². The molecule has 2 aromatic rings. The molecule has 0 fully saturated rings. The summed E-state index contributed by atoms with van der Waals surface area (Å²) < 4.78 is 14.9.